The number of hydrogen-bond donors (Lipinski definition) is 3. The van der Waals surface area contributed by atoms with Crippen LogP contribution in [0, 0.1) is 5.92 Å². The lowest BCUT2D eigenvalue weighted by Crippen LogP contribution is -2.60. The third kappa shape index (κ3) is 1.42. The Morgan fingerprint density at radius 2 is 2.29 bits per heavy atom. The van der Waals surface area contributed by atoms with Crippen molar-refractivity contribution in [2.24, 2.45) is 5.92 Å². The Morgan fingerprint density at radius 1 is 1.65 bits per heavy atom. The standard InChI is InChI=1S/C10H12N2O4S/c1-3(13)5-8(14)12-6(10(15)16)7(4-2-11-4)17-9(5)12/h3-5,9,11,13H,2H2,1H3,(H,15,16)/t3?,4?,5?,9-/m0/s1. The summed E-state index contributed by atoms with van der Waals surface area (Å²) in [6.07, 6.45) is -0.738. The quantitative estimate of drug-likeness (QED) is 0.450. The van der Waals surface area contributed by atoms with Gasteiger partial charge < -0.3 is 15.5 Å². The fourth-order valence-corrected chi connectivity index (χ4v) is 3.99. The fraction of sp³-hybridized carbons (Fsp3) is 0.600. The van der Waals surface area contributed by atoms with Gasteiger partial charge in [0.2, 0.25) is 5.91 Å². The van der Waals surface area contributed by atoms with Crippen LogP contribution >= 0.6 is 11.8 Å². The van der Waals surface area contributed by atoms with E-state index < -0.39 is 18.0 Å². The Bertz CT molecular complexity index is 444. The van der Waals surface area contributed by atoms with E-state index in [1.165, 1.54) is 16.7 Å². The van der Waals surface area contributed by atoms with Crippen LogP contribution in [0.5, 0.6) is 0 Å². The number of carboxylic acids is 1. The minimum atomic E-state index is -1.07. The molecule has 0 bridgehead atoms. The normalized spacial score (nSPS) is 36.7. The first-order chi connectivity index (χ1) is 8.02. The number of hydrogen-bond acceptors (Lipinski definition) is 5. The van der Waals surface area contributed by atoms with Crippen LogP contribution in [0.15, 0.2) is 10.6 Å². The Morgan fingerprint density at radius 3 is 2.76 bits per heavy atom. The number of nitrogens with one attached hydrogen (secondary N) is 1. The predicted octanol–water partition coefficient (Wildman–Crippen LogP) is -0.833. The van der Waals surface area contributed by atoms with Crippen LogP contribution in [0.1, 0.15) is 6.92 Å². The first kappa shape index (κ1) is 11.1. The average Bonchev–Trinajstić information content (AvgIpc) is 2.99. The molecule has 3 rings (SSSR count). The molecule has 0 aromatic carbocycles. The molecule has 0 aromatic rings. The summed E-state index contributed by atoms with van der Waals surface area (Å²) in [6, 6.07) is 0.0687. The van der Waals surface area contributed by atoms with Gasteiger partial charge in [0.05, 0.1) is 18.1 Å². The van der Waals surface area contributed by atoms with Crippen molar-refractivity contribution in [3.05, 3.63) is 10.6 Å². The molecule has 3 aliphatic rings. The second kappa shape index (κ2) is 3.47. The number of aliphatic hydroxyl groups is 1. The summed E-state index contributed by atoms with van der Waals surface area (Å²) >= 11 is 1.39. The highest BCUT2D eigenvalue weighted by Crippen LogP contribution is 2.52. The topological polar surface area (TPSA) is 99.8 Å². The summed E-state index contributed by atoms with van der Waals surface area (Å²) in [6.45, 7) is 2.32. The lowest BCUT2D eigenvalue weighted by molar-refractivity contribution is -0.156. The minimum Gasteiger partial charge on any atom is -0.477 e. The number of thioether (sulfide) groups is 1. The SMILES string of the molecule is CC(O)C1C(=O)N2C(C(=O)O)=C(C3CN3)S[C@@H]12. The zero-order chi connectivity index (χ0) is 12.3. The number of aliphatic hydroxyl groups excluding tert-OH is 1. The number of rotatable bonds is 3. The largest absolute Gasteiger partial charge is 0.477 e. The molecule has 0 saturated carbocycles. The number of amides is 1. The summed E-state index contributed by atoms with van der Waals surface area (Å²) in [7, 11) is 0. The van der Waals surface area contributed by atoms with E-state index in [4.69, 9.17) is 5.11 Å². The van der Waals surface area contributed by atoms with Gasteiger partial charge in [-0.25, -0.2) is 4.79 Å². The molecule has 17 heavy (non-hydrogen) atoms. The summed E-state index contributed by atoms with van der Waals surface area (Å²) in [5, 5.41) is 21.5. The van der Waals surface area contributed by atoms with E-state index in [1.54, 1.807) is 6.92 Å². The molecule has 6 nitrogen and oxygen atoms in total. The maximum absolute atomic E-state index is 11.8. The Balaban J connectivity index is 1.92. The van der Waals surface area contributed by atoms with E-state index in [0.717, 1.165) is 11.4 Å². The fourth-order valence-electron chi connectivity index (χ4n) is 2.30. The summed E-state index contributed by atoms with van der Waals surface area (Å²) in [5.41, 5.74) is 0.0944. The van der Waals surface area contributed by atoms with Crippen LogP contribution in [0.4, 0.5) is 0 Å². The molecule has 0 aromatic heterocycles. The summed E-state index contributed by atoms with van der Waals surface area (Å²) < 4.78 is 0. The highest BCUT2D eigenvalue weighted by atomic mass is 32.2. The first-order valence-electron chi connectivity index (χ1n) is 5.41. The smallest absolute Gasteiger partial charge is 0.353 e. The van der Waals surface area contributed by atoms with Crippen molar-refractivity contribution in [1.29, 1.82) is 0 Å². The van der Waals surface area contributed by atoms with Crippen molar-refractivity contribution in [3.63, 3.8) is 0 Å². The molecule has 2 fully saturated rings. The number of aliphatic carboxylic acids is 1. The van der Waals surface area contributed by atoms with Gasteiger partial charge in [0.1, 0.15) is 11.1 Å². The van der Waals surface area contributed by atoms with Gasteiger partial charge in [-0.2, -0.15) is 0 Å². The lowest BCUT2D eigenvalue weighted by atomic mass is 9.92. The molecule has 92 valence electrons. The van der Waals surface area contributed by atoms with Crippen molar-refractivity contribution in [2.75, 3.05) is 6.54 Å². The molecule has 3 heterocycles. The third-order valence-electron chi connectivity index (χ3n) is 3.25. The average molecular weight is 256 g/mol. The van der Waals surface area contributed by atoms with E-state index in [0.29, 0.717) is 0 Å². The second-order valence-corrected chi connectivity index (χ2v) is 5.62. The Kier molecular flexibility index (Phi) is 2.26. The van der Waals surface area contributed by atoms with Crippen molar-refractivity contribution >= 4 is 23.6 Å². The van der Waals surface area contributed by atoms with E-state index in [2.05, 4.69) is 5.32 Å². The van der Waals surface area contributed by atoms with Crippen LogP contribution in [0.3, 0.4) is 0 Å². The molecule has 1 amide bonds. The lowest BCUT2D eigenvalue weighted by Gasteiger charge is -2.43. The van der Waals surface area contributed by atoms with Crippen molar-refractivity contribution in [3.8, 4) is 0 Å². The van der Waals surface area contributed by atoms with Gasteiger partial charge >= 0.3 is 5.97 Å². The van der Waals surface area contributed by atoms with E-state index in [9.17, 15) is 14.7 Å². The molecule has 3 unspecified atom stereocenters. The van der Waals surface area contributed by atoms with E-state index >= 15 is 0 Å². The van der Waals surface area contributed by atoms with E-state index in [1.807, 2.05) is 0 Å². The molecule has 7 heteroatoms. The van der Waals surface area contributed by atoms with Crippen molar-refractivity contribution < 1.29 is 19.8 Å². The monoisotopic (exact) mass is 256 g/mol. The maximum Gasteiger partial charge on any atom is 0.353 e. The number of nitrogens with zero attached hydrogens (tertiary/aromatic N) is 1. The number of carbonyl (C=O) groups is 2. The maximum atomic E-state index is 11.8. The molecule has 0 radical (unpaired) electrons. The number of fused-ring (bicyclic) bond motifs is 1. The molecular formula is C10H12N2O4S. The molecule has 0 aliphatic carbocycles. The first-order valence-corrected chi connectivity index (χ1v) is 6.29. The second-order valence-electron chi connectivity index (χ2n) is 4.46. The molecule has 0 spiro atoms. The third-order valence-corrected chi connectivity index (χ3v) is 4.73. The minimum absolute atomic E-state index is 0.0687. The molecule has 2 saturated heterocycles. The molecule has 4 atom stereocenters. The highest BCUT2D eigenvalue weighted by Gasteiger charge is 2.59. The van der Waals surface area contributed by atoms with Gasteiger partial charge in [0, 0.05) is 11.4 Å². The van der Waals surface area contributed by atoms with Crippen LogP contribution in [-0.2, 0) is 9.59 Å². The summed E-state index contributed by atoms with van der Waals surface area (Å²) in [5.74, 6) is -1.84. The molecule has 3 N–H and O–H groups in total. The molecule has 3 aliphatic heterocycles. The Labute approximate surface area is 102 Å². The number of carbonyl (C=O) groups excluding carboxylic acids is 1. The Hall–Kier alpha value is -1.05. The summed E-state index contributed by atoms with van der Waals surface area (Å²) in [4.78, 5) is 25.1. The van der Waals surface area contributed by atoms with Gasteiger partial charge in [-0.1, -0.05) is 11.8 Å². The predicted molar refractivity (Wildman–Crippen MR) is 59.8 cm³/mol. The zero-order valence-corrected chi connectivity index (χ0v) is 9.90. The number of carboxylic acid groups (broad SMARTS) is 1. The number of β-lactam (4-membered cyclic amide) rings is 1. The van der Waals surface area contributed by atoms with Gasteiger partial charge in [-0.3, -0.25) is 9.69 Å². The van der Waals surface area contributed by atoms with E-state index in [-0.39, 0.29) is 23.0 Å². The van der Waals surface area contributed by atoms with Crippen molar-refractivity contribution in [2.45, 2.75) is 24.4 Å². The van der Waals surface area contributed by atoms with Crippen LogP contribution < -0.4 is 5.32 Å². The highest BCUT2D eigenvalue weighted by molar-refractivity contribution is 8.04. The molecular weight excluding hydrogens is 244 g/mol. The van der Waals surface area contributed by atoms with Crippen LogP contribution in [-0.4, -0.2) is 51.1 Å². The van der Waals surface area contributed by atoms with Crippen molar-refractivity contribution in [1.82, 2.24) is 10.2 Å². The van der Waals surface area contributed by atoms with Gasteiger partial charge in [-0.15, -0.1) is 0 Å². The van der Waals surface area contributed by atoms with Gasteiger partial charge in [0.15, 0.2) is 0 Å². The van der Waals surface area contributed by atoms with Crippen LogP contribution in [0.25, 0.3) is 0 Å². The zero-order valence-electron chi connectivity index (χ0n) is 9.08. The van der Waals surface area contributed by atoms with Gasteiger partial charge in [-0.05, 0) is 6.92 Å². The van der Waals surface area contributed by atoms with Gasteiger partial charge in [0.25, 0.3) is 0 Å². The van der Waals surface area contributed by atoms with Crippen LogP contribution in [0.2, 0.25) is 0 Å².